The number of aliphatic hydroxyl groups excluding tert-OH is 1. The highest BCUT2D eigenvalue weighted by Gasteiger charge is 2.45. The first-order valence-electron chi connectivity index (χ1n) is 6.78. The van der Waals surface area contributed by atoms with Crippen LogP contribution in [-0.2, 0) is 9.53 Å². The molecule has 0 radical (unpaired) electrons. The van der Waals surface area contributed by atoms with Gasteiger partial charge in [0.2, 0.25) is 6.10 Å². The molecule has 2 atom stereocenters. The molecule has 0 aliphatic carbocycles. The van der Waals surface area contributed by atoms with Crippen LogP contribution in [0.1, 0.15) is 58.8 Å². The second-order valence-electron chi connectivity index (χ2n) is 4.64. The topological polar surface area (TPSA) is 46.5 Å². The predicted molar refractivity (Wildman–Crippen MR) is 65.6 cm³/mol. The lowest BCUT2D eigenvalue weighted by Crippen LogP contribution is -2.39. The Kier molecular flexibility index (Phi) is 8.80. The summed E-state index contributed by atoms with van der Waals surface area (Å²) in [4.78, 5) is 11.2. The van der Waals surface area contributed by atoms with Crippen molar-refractivity contribution in [1.82, 2.24) is 0 Å². The second-order valence-corrected chi connectivity index (χ2v) is 4.64. The summed E-state index contributed by atoms with van der Waals surface area (Å²) in [6.07, 6.45) is -2.86. The minimum atomic E-state index is -4.96. The minimum Gasteiger partial charge on any atom is -0.460 e. The maximum Gasteiger partial charge on any atom is 0.425 e. The Morgan fingerprint density at radius 3 is 2.21 bits per heavy atom. The fourth-order valence-corrected chi connectivity index (χ4v) is 1.75. The van der Waals surface area contributed by atoms with Gasteiger partial charge in [-0.2, -0.15) is 13.2 Å². The summed E-state index contributed by atoms with van der Waals surface area (Å²) in [5, 5.41) is 8.78. The number of ether oxygens (including phenoxy) is 1. The van der Waals surface area contributed by atoms with E-state index in [0.717, 1.165) is 25.7 Å². The van der Waals surface area contributed by atoms with E-state index in [1.165, 1.54) is 0 Å². The monoisotopic (exact) mass is 284 g/mol. The van der Waals surface area contributed by atoms with Gasteiger partial charge in [0.05, 0.1) is 0 Å². The van der Waals surface area contributed by atoms with Crippen LogP contribution >= 0.6 is 0 Å². The van der Waals surface area contributed by atoms with Gasteiger partial charge in [-0.3, -0.25) is 0 Å². The Morgan fingerprint density at radius 2 is 1.74 bits per heavy atom. The van der Waals surface area contributed by atoms with E-state index >= 15 is 0 Å². The zero-order valence-corrected chi connectivity index (χ0v) is 11.5. The number of esters is 1. The van der Waals surface area contributed by atoms with Crippen molar-refractivity contribution in [3.8, 4) is 0 Å². The molecule has 0 rings (SSSR count). The summed E-state index contributed by atoms with van der Waals surface area (Å²) in [5.41, 5.74) is 0. The quantitative estimate of drug-likeness (QED) is 0.520. The number of hydrogen-bond acceptors (Lipinski definition) is 3. The number of halogens is 3. The molecule has 0 amide bonds. The standard InChI is InChI=1S/C13H23F3O3/c1-3-5-6-7-9-10(8-4-2)19-12(18)11(17)13(14,15)16/h10-11,17H,3-9H2,1-2H3/t10?,11-/m0/s1. The molecule has 0 saturated heterocycles. The van der Waals surface area contributed by atoms with Crippen molar-refractivity contribution < 1.29 is 27.8 Å². The lowest BCUT2D eigenvalue weighted by atomic mass is 10.1. The van der Waals surface area contributed by atoms with Crippen LogP contribution < -0.4 is 0 Å². The van der Waals surface area contributed by atoms with E-state index in [0.29, 0.717) is 19.3 Å². The molecule has 1 unspecified atom stereocenters. The molecule has 0 aromatic rings. The molecule has 114 valence electrons. The largest absolute Gasteiger partial charge is 0.460 e. The highest BCUT2D eigenvalue weighted by Crippen LogP contribution is 2.22. The van der Waals surface area contributed by atoms with Crippen LogP contribution in [-0.4, -0.2) is 29.5 Å². The third kappa shape index (κ3) is 8.08. The van der Waals surface area contributed by atoms with Crippen molar-refractivity contribution in [2.45, 2.75) is 77.2 Å². The van der Waals surface area contributed by atoms with Crippen molar-refractivity contribution in [3.63, 3.8) is 0 Å². The number of unbranched alkanes of at least 4 members (excludes halogenated alkanes) is 3. The molecule has 0 bridgehead atoms. The van der Waals surface area contributed by atoms with E-state index in [1.54, 1.807) is 0 Å². The number of carbonyl (C=O) groups is 1. The second kappa shape index (κ2) is 9.18. The molecule has 0 heterocycles. The zero-order chi connectivity index (χ0) is 14.9. The molecule has 0 saturated carbocycles. The van der Waals surface area contributed by atoms with Gasteiger partial charge in [0, 0.05) is 0 Å². The Morgan fingerprint density at radius 1 is 1.11 bits per heavy atom. The molecule has 0 aromatic heterocycles. The van der Waals surface area contributed by atoms with E-state index in [1.807, 2.05) is 6.92 Å². The van der Waals surface area contributed by atoms with Crippen LogP contribution in [0.15, 0.2) is 0 Å². The van der Waals surface area contributed by atoms with E-state index in [4.69, 9.17) is 9.84 Å². The van der Waals surface area contributed by atoms with Gasteiger partial charge in [0.1, 0.15) is 6.10 Å². The number of alkyl halides is 3. The van der Waals surface area contributed by atoms with E-state index < -0.39 is 24.4 Å². The number of aliphatic hydroxyl groups is 1. The van der Waals surface area contributed by atoms with Crippen molar-refractivity contribution >= 4 is 5.97 Å². The molecule has 0 aliphatic rings. The summed E-state index contributed by atoms with van der Waals surface area (Å²) >= 11 is 0. The summed E-state index contributed by atoms with van der Waals surface area (Å²) < 4.78 is 41.2. The van der Waals surface area contributed by atoms with Crippen molar-refractivity contribution in [1.29, 1.82) is 0 Å². The fourth-order valence-electron chi connectivity index (χ4n) is 1.75. The van der Waals surface area contributed by atoms with Crippen LogP contribution in [0.5, 0.6) is 0 Å². The summed E-state index contributed by atoms with van der Waals surface area (Å²) in [6, 6.07) is 0. The molecule has 19 heavy (non-hydrogen) atoms. The zero-order valence-electron chi connectivity index (χ0n) is 11.5. The number of rotatable bonds is 9. The fraction of sp³-hybridized carbons (Fsp3) is 0.923. The first kappa shape index (κ1) is 18.2. The Hall–Kier alpha value is -0.780. The Labute approximate surface area is 112 Å². The van der Waals surface area contributed by atoms with Crippen LogP contribution in [0.4, 0.5) is 13.2 Å². The summed E-state index contributed by atoms with van der Waals surface area (Å²) in [7, 11) is 0. The van der Waals surface area contributed by atoms with Crippen LogP contribution in [0.2, 0.25) is 0 Å². The average Bonchev–Trinajstić information content (AvgIpc) is 2.32. The molecular formula is C13H23F3O3. The third-order valence-corrected chi connectivity index (χ3v) is 2.81. The van der Waals surface area contributed by atoms with Gasteiger partial charge in [0.15, 0.2) is 0 Å². The van der Waals surface area contributed by atoms with E-state index in [2.05, 4.69) is 6.92 Å². The number of carbonyl (C=O) groups excluding carboxylic acids is 1. The predicted octanol–water partition coefficient (Wildman–Crippen LogP) is 3.59. The van der Waals surface area contributed by atoms with Gasteiger partial charge < -0.3 is 9.84 Å². The number of hydrogen-bond donors (Lipinski definition) is 1. The summed E-state index contributed by atoms with van der Waals surface area (Å²) in [5.74, 6) is -1.60. The van der Waals surface area contributed by atoms with Gasteiger partial charge >= 0.3 is 12.1 Å². The summed E-state index contributed by atoms with van der Waals surface area (Å²) in [6.45, 7) is 3.93. The SMILES string of the molecule is CCCCCCC(CCC)OC(=O)[C@H](O)C(F)(F)F. The smallest absolute Gasteiger partial charge is 0.425 e. The first-order chi connectivity index (χ1) is 8.82. The van der Waals surface area contributed by atoms with E-state index in [9.17, 15) is 18.0 Å². The molecule has 3 nitrogen and oxygen atoms in total. The van der Waals surface area contributed by atoms with Gasteiger partial charge in [-0.05, 0) is 19.3 Å². The van der Waals surface area contributed by atoms with E-state index in [-0.39, 0.29) is 0 Å². The van der Waals surface area contributed by atoms with Crippen molar-refractivity contribution in [2.75, 3.05) is 0 Å². The lowest BCUT2D eigenvalue weighted by Gasteiger charge is -2.20. The molecule has 0 fully saturated rings. The third-order valence-electron chi connectivity index (χ3n) is 2.81. The van der Waals surface area contributed by atoms with Gasteiger partial charge in [-0.1, -0.05) is 39.5 Å². The van der Waals surface area contributed by atoms with Crippen molar-refractivity contribution in [2.24, 2.45) is 0 Å². The Balaban J connectivity index is 4.21. The molecule has 0 spiro atoms. The van der Waals surface area contributed by atoms with Gasteiger partial charge in [0.25, 0.3) is 0 Å². The normalized spacial score (nSPS) is 15.1. The first-order valence-corrected chi connectivity index (χ1v) is 6.78. The molecule has 1 N–H and O–H groups in total. The average molecular weight is 284 g/mol. The maximum atomic E-state index is 12.1. The van der Waals surface area contributed by atoms with Gasteiger partial charge in [-0.15, -0.1) is 0 Å². The van der Waals surface area contributed by atoms with Crippen LogP contribution in [0, 0.1) is 0 Å². The van der Waals surface area contributed by atoms with Gasteiger partial charge in [-0.25, -0.2) is 4.79 Å². The van der Waals surface area contributed by atoms with Crippen molar-refractivity contribution in [3.05, 3.63) is 0 Å². The maximum absolute atomic E-state index is 12.1. The van der Waals surface area contributed by atoms with Crippen LogP contribution in [0.3, 0.4) is 0 Å². The molecular weight excluding hydrogens is 261 g/mol. The minimum absolute atomic E-state index is 0.516. The highest BCUT2D eigenvalue weighted by molar-refractivity contribution is 5.75. The molecule has 6 heteroatoms. The molecule has 0 aliphatic heterocycles. The Bertz CT molecular complexity index is 254. The molecule has 0 aromatic carbocycles. The lowest BCUT2D eigenvalue weighted by molar-refractivity contribution is -0.221. The highest BCUT2D eigenvalue weighted by atomic mass is 19.4. The van der Waals surface area contributed by atoms with Crippen LogP contribution in [0.25, 0.3) is 0 Å².